The van der Waals surface area contributed by atoms with Gasteiger partial charge in [0.05, 0.1) is 5.75 Å². The molecule has 0 bridgehead atoms. The molecule has 12 heteroatoms. The number of rotatable bonds is 6. The number of nitrogens with zero attached hydrogens (tertiary/aromatic N) is 4. The van der Waals surface area contributed by atoms with Crippen LogP contribution in [0.2, 0.25) is 0 Å². The van der Waals surface area contributed by atoms with Gasteiger partial charge in [0.1, 0.15) is 5.82 Å². The molecule has 4 aliphatic rings. The molecule has 1 amide bonds. The van der Waals surface area contributed by atoms with Crippen LogP contribution < -0.4 is 21.7 Å². The Kier molecular flexibility index (Phi) is 6.08. The molecule has 4 rings (SSSR count). The Morgan fingerprint density at radius 3 is 2.55 bits per heavy atom. The number of fused-ring (bicyclic) bond motifs is 1. The van der Waals surface area contributed by atoms with Crippen LogP contribution in [0.4, 0.5) is 0 Å². The van der Waals surface area contributed by atoms with Gasteiger partial charge in [-0.1, -0.05) is 12.8 Å². The summed E-state index contributed by atoms with van der Waals surface area (Å²) >= 11 is 0. The third-order valence-corrected chi connectivity index (χ3v) is 8.24. The second-order valence-corrected chi connectivity index (χ2v) is 10.7. The molecule has 1 saturated heterocycles. The van der Waals surface area contributed by atoms with Gasteiger partial charge in [-0.15, -0.1) is 0 Å². The van der Waals surface area contributed by atoms with E-state index in [9.17, 15) is 13.2 Å². The zero-order valence-corrected chi connectivity index (χ0v) is 18.9. The van der Waals surface area contributed by atoms with Crippen LogP contribution in [-0.2, 0) is 14.8 Å². The van der Waals surface area contributed by atoms with Crippen molar-refractivity contribution in [1.29, 1.82) is 0 Å². The fourth-order valence-corrected chi connectivity index (χ4v) is 5.76. The summed E-state index contributed by atoms with van der Waals surface area (Å²) in [7, 11) is -1.43. The molecule has 0 aromatic carbocycles. The summed E-state index contributed by atoms with van der Waals surface area (Å²) in [4.78, 5) is 24.1. The number of piperidine rings is 1. The van der Waals surface area contributed by atoms with Gasteiger partial charge in [-0.25, -0.2) is 22.7 Å². The molecule has 0 spiro atoms. The molecule has 2 fully saturated rings. The highest BCUT2D eigenvalue weighted by Gasteiger charge is 2.43. The zero-order valence-electron chi connectivity index (χ0n) is 18.1. The molecule has 1 unspecified atom stereocenters. The number of sulfonamides is 1. The molecule has 0 radical (unpaired) electrons. The number of hydrogen-bond donors (Lipinski definition) is 4. The summed E-state index contributed by atoms with van der Waals surface area (Å²) in [5.74, 6) is -0.663. The molecule has 1 aliphatic carbocycles. The molecule has 11 nitrogen and oxygen atoms in total. The molecule has 5 N–H and O–H groups in total. The maximum atomic E-state index is 12.9. The van der Waals surface area contributed by atoms with E-state index in [0.29, 0.717) is 37.6 Å². The Labute approximate surface area is 183 Å². The third kappa shape index (κ3) is 4.47. The first-order chi connectivity index (χ1) is 14.7. The van der Waals surface area contributed by atoms with Gasteiger partial charge in [-0.3, -0.25) is 15.8 Å². The van der Waals surface area contributed by atoms with Gasteiger partial charge in [0.25, 0.3) is 5.91 Å². The number of nitrogens with two attached hydrogens (primary N) is 1. The molecular formula is C19H32N8O3S. The Hall–Kier alpha value is -2.02. The Bertz CT molecular complexity index is 916. The van der Waals surface area contributed by atoms with Crippen LogP contribution in [0.5, 0.6) is 0 Å². The van der Waals surface area contributed by atoms with Gasteiger partial charge < -0.3 is 15.5 Å². The molecular weight excluding hydrogens is 420 g/mol. The first kappa shape index (κ1) is 22.2. The lowest BCUT2D eigenvalue weighted by molar-refractivity contribution is -0.117. The molecule has 1 atom stereocenters. The highest BCUT2D eigenvalue weighted by Crippen LogP contribution is 2.28. The van der Waals surface area contributed by atoms with Crippen molar-refractivity contribution in [2.75, 3.05) is 25.9 Å². The van der Waals surface area contributed by atoms with Gasteiger partial charge >= 0.3 is 0 Å². The van der Waals surface area contributed by atoms with Crippen LogP contribution in [0.15, 0.2) is 22.0 Å². The van der Waals surface area contributed by atoms with E-state index < -0.39 is 15.9 Å². The average Bonchev–Trinajstić information content (AvgIpc) is 3.28. The van der Waals surface area contributed by atoms with E-state index in [-0.39, 0.29) is 29.5 Å². The summed E-state index contributed by atoms with van der Waals surface area (Å²) in [5, 5.41) is 9.00. The van der Waals surface area contributed by atoms with Gasteiger partial charge in [0.2, 0.25) is 15.9 Å². The Balaban J connectivity index is 1.53. The summed E-state index contributed by atoms with van der Waals surface area (Å²) < 4.78 is 25.7. The first-order valence-corrected chi connectivity index (χ1v) is 12.6. The lowest BCUT2D eigenvalue weighted by atomic mass is 10.1. The van der Waals surface area contributed by atoms with E-state index in [2.05, 4.69) is 20.9 Å². The lowest BCUT2D eigenvalue weighted by Crippen LogP contribution is -2.72. The number of carbonyl (C=O) groups excluding carboxylic acids is 1. The SMILES string of the molecule is CCS(=O)(=O)N1CCC(NC2(N)N=C3C(=NC(NC)=CN3C3CCCC3)C(=O)N2)CC1. The maximum absolute atomic E-state index is 12.9. The topological polar surface area (TPSA) is 145 Å². The van der Waals surface area contributed by atoms with E-state index in [4.69, 9.17) is 10.7 Å². The fourth-order valence-electron chi connectivity index (χ4n) is 4.63. The lowest BCUT2D eigenvalue weighted by Gasteiger charge is -2.41. The molecule has 3 heterocycles. The third-order valence-electron chi connectivity index (χ3n) is 6.36. The number of amidine groups is 1. The molecule has 31 heavy (non-hydrogen) atoms. The van der Waals surface area contributed by atoms with Crippen molar-refractivity contribution in [3.05, 3.63) is 12.0 Å². The van der Waals surface area contributed by atoms with Crippen LogP contribution in [0, 0.1) is 0 Å². The normalized spacial score (nSPS) is 28.5. The van der Waals surface area contributed by atoms with Gasteiger partial charge in [0, 0.05) is 38.4 Å². The first-order valence-electron chi connectivity index (χ1n) is 11.0. The Morgan fingerprint density at radius 2 is 1.94 bits per heavy atom. The fraction of sp³-hybridized carbons (Fsp3) is 0.737. The monoisotopic (exact) mass is 452 g/mol. The van der Waals surface area contributed by atoms with E-state index in [1.807, 2.05) is 11.1 Å². The van der Waals surface area contributed by atoms with Gasteiger partial charge in [-0.2, -0.15) is 0 Å². The van der Waals surface area contributed by atoms with Crippen molar-refractivity contribution in [3.63, 3.8) is 0 Å². The smallest absolute Gasteiger partial charge is 0.277 e. The van der Waals surface area contributed by atoms with E-state index in [1.54, 1.807) is 14.0 Å². The van der Waals surface area contributed by atoms with E-state index in [0.717, 1.165) is 25.7 Å². The van der Waals surface area contributed by atoms with Crippen LogP contribution in [0.25, 0.3) is 0 Å². The summed E-state index contributed by atoms with van der Waals surface area (Å²) in [6, 6.07) is 0.189. The van der Waals surface area contributed by atoms with Crippen LogP contribution in [0.3, 0.4) is 0 Å². The van der Waals surface area contributed by atoms with Crippen LogP contribution in [-0.4, -0.2) is 79.0 Å². The second-order valence-electron chi connectivity index (χ2n) is 8.44. The van der Waals surface area contributed by atoms with Crippen LogP contribution in [0.1, 0.15) is 45.4 Å². The Morgan fingerprint density at radius 1 is 1.26 bits per heavy atom. The maximum Gasteiger partial charge on any atom is 0.277 e. The molecule has 3 aliphatic heterocycles. The standard InChI is InChI=1S/C19H32N8O3S/c1-3-31(29,30)26-10-8-13(9-11-26)23-19(20)24-17-16(18(28)25-19)22-15(21-2)12-27(17)14-6-4-5-7-14/h12-14,21,23H,3-11,20H2,1-2H3,(H,25,28). The highest BCUT2D eigenvalue weighted by atomic mass is 32.2. The number of nitrogens with one attached hydrogen (secondary N) is 3. The minimum Gasteiger partial charge on any atom is -0.372 e. The number of carbonyl (C=O) groups is 1. The van der Waals surface area contributed by atoms with Crippen molar-refractivity contribution in [2.45, 2.75) is 63.4 Å². The van der Waals surface area contributed by atoms with E-state index in [1.165, 1.54) is 4.31 Å². The molecule has 0 aromatic rings. The summed E-state index contributed by atoms with van der Waals surface area (Å²) in [5.41, 5.74) is 6.74. The van der Waals surface area contributed by atoms with Gasteiger partial charge in [0.15, 0.2) is 11.5 Å². The van der Waals surface area contributed by atoms with E-state index >= 15 is 0 Å². The minimum absolute atomic E-state index is 0.0663. The minimum atomic E-state index is -3.20. The second kappa shape index (κ2) is 8.49. The van der Waals surface area contributed by atoms with Crippen molar-refractivity contribution < 1.29 is 13.2 Å². The highest BCUT2D eigenvalue weighted by molar-refractivity contribution is 7.89. The van der Waals surface area contributed by atoms with Crippen LogP contribution >= 0.6 is 0 Å². The average molecular weight is 453 g/mol. The largest absolute Gasteiger partial charge is 0.372 e. The zero-order chi connectivity index (χ0) is 22.2. The molecule has 1 saturated carbocycles. The van der Waals surface area contributed by atoms with Crippen molar-refractivity contribution in [2.24, 2.45) is 15.7 Å². The molecule has 172 valence electrons. The van der Waals surface area contributed by atoms with Gasteiger partial charge in [-0.05, 0) is 32.6 Å². The summed E-state index contributed by atoms with van der Waals surface area (Å²) in [6.07, 6.45) is 7.41. The predicted octanol–water partition coefficient (Wildman–Crippen LogP) is -0.794. The quantitative estimate of drug-likeness (QED) is 0.386. The number of amides is 1. The molecule has 0 aromatic heterocycles. The van der Waals surface area contributed by atoms with Crippen molar-refractivity contribution in [1.82, 2.24) is 25.2 Å². The summed E-state index contributed by atoms with van der Waals surface area (Å²) in [6.45, 7) is 2.49. The number of hydrogen-bond acceptors (Lipinski definition) is 9. The van der Waals surface area contributed by atoms with Crippen molar-refractivity contribution >= 4 is 27.5 Å². The number of aliphatic imine (C=N–C) groups is 2. The van der Waals surface area contributed by atoms with Crippen molar-refractivity contribution in [3.8, 4) is 0 Å². The predicted molar refractivity (Wildman–Crippen MR) is 118 cm³/mol.